The number of benzene rings is 1. The summed E-state index contributed by atoms with van der Waals surface area (Å²) >= 11 is 0. The summed E-state index contributed by atoms with van der Waals surface area (Å²) in [6.45, 7) is 2.33. The van der Waals surface area contributed by atoms with Gasteiger partial charge in [-0.25, -0.2) is 9.99 Å². The van der Waals surface area contributed by atoms with Gasteiger partial charge in [0, 0.05) is 26.3 Å². The number of carbonyl (C=O) groups is 2. The molecule has 2 aromatic rings. The highest BCUT2D eigenvalue weighted by Crippen LogP contribution is 2.35. The average Bonchev–Trinajstić information content (AvgIpc) is 3.25. The highest BCUT2D eigenvalue weighted by Gasteiger charge is 2.50. The number of carbonyl (C=O) groups excluding carboxylic acids is 2. The minimum atomic E-state index is -0.547. The van der Waals surface area contributed by atoms with Gasteiger partial charge in [-0.05, 0) is 30.5 Å². The number of aliphatic hydroxyl groups excluding tert-OH is 1. The number of rotatable bonds is 4. The van der Waals surface area contributed by atoms with Crippen molar-refractivity contribution in [3.63, 3.8) is 0 Å². The van der Waals surface area contributed by atoms with E-state index >= 15 is 0 Å². The first kappa shape index (κ1) is 18.6. The van der Waals surface area contributed by atoms with Gasteiger partial charge in [0.1, 0.15) is 5.69 Å². The number of hydrazine groups is 1. The zero-order valence-corrected chi connectivity index (χ0v) is 16.0. The molecule has 2 aliphatic rings. The summed E-state index contributed by atoms with van der Waals surface area (Å²) < 4.78 is 1.72. The topological polar surface area (TPSA) is 90.7 Å². The molecule has 0 aliphatic carbocycles. The van der Waals surface area contributed by atoms with Crippen LogP contribution >= 0.6 is 0 Å². The molecular formula is C20H25N5O3. The summed E-state index contributed by atoms with van der Waals surface area (Å²) in [7, 11) is 1.81. The smallest absolute Gasteiger partial charge is 0.293 e. The van der Waals surface area contributed by atoms with Crippen molar-refractivity contribution in [1.29, 1.82) is 0 Å². The Bertz CT molecular complexity index is 878. The van der Waals surface area contributed by atoms with Crippen LogP contribution < -0.4 is 5.43 Å². The van der Waals surface area contributed by atoms with Crippen LogP contribution in [0.1, 0.15) is 40.9 Å². The molecule has 8 nitrogen and oxygen atoms in total. The van der Waals surface area contributed by atoms with Gasteiger partial charge in [0.05, 0.1) is 24.9 Å². The Hall–Kier alpha value is -2.71. The van der Waals surface area contributed by atoms with Crippen molar-refractivity contribution in [2.45, 2.75) is 38.0 Å². The van der Waals surface area contributed by atoms with Gasteiger partial charge in [-0.3, -0.25) is 19.9 Å². The summed E-state index contributed by atoms with van der Waals surface area (Å²) in [6, 6.07) is 7.88. The van der Waals surface area contributed by atoms with E-state index in [2.05, 4.69) is 15.3 Å². The molecule has 1 atom stereocenters. The molecular weight excluding hydrogens is 358 g/mol. The van der Waals surface area contributed by atoms with Crippen LogP contribution in [0.5, 0.6) is 0 Å². The van der Waals surface area contributed by atoms with E-state index in [9.17, 15) is 14.7 Å². The Morgan fingerprint density at radius 3 is 2.71 bits per heavy atom. The van der Waals surface area contributed by atoms with E-state index in [0.717, 1.165) is 37.1 Å². The van der Waals surface area contributed by atoms with Gasteiger partial charge in [0.25, 0.3) is 5.91 Å². The molecule has 4 rings (SSSR count). The number of aryl methyl sites for hydroxylation is 1. The van der Waals surface area contributed by atoms with Crippen molar-refractivity contribution in [3.05, 3.63) is 53.6 Å². The fourth-order valence-electron chi connectivity index (χ4n) is 4.24. The lowest BCUT2D eigenvalue weighted by molar-refractivity contribution is -0.120. The number of likely N-dealkylation sites (tertiary alicyclic amines) is 1. The molecule has 0 saturated carbocycles. The second-order valence-corrected chi connectivity index (χ2v) is 7.79. The molecule has 2 amide bonds. The van der Waals surface area contributed by atoms with Crippen LogP contribution in [0.15, 0.2) is 36.8 Å². The van der Waals surface area contributed by atoms with Gasteiger partial charge in [-0.2, -0.15) is 0 Å². The Kier molecular flexibility index (Phi) is 4.91. The molecule has 2 aliphatic heterocycles. The molecule has 8 heteroatoms. The minimum absolute atomic E-state index is 0.0332. The summed E-state index contributed by atoms with van der Waals surface area (Å²) in [5.74, 6) is -0.390. The third-order valence-electron chi connectivity index (χ3n) is 5.57. The van der Waals surface area contributed by atoms with Gasteiger partial charge in [0.15, 0.2) is 0 Å². The fourth-order valence-corrected chi connectivity index (χ4v) is 4.24. The Balaban J connectivity index is 1.52. The van der Waals surface area contributed by atoms with Crippen molar-refractivity contribution in [1.82, 2.24) is 24.9 Å². The van der Waals surface area contributed by atoms with E-state index in [-0.39, 0.29) is 18.4 Å². The maximum atomic E-state index is 13.0. The first-order chi connectivity index (χ1) is 13.5. The number of imidazole rings is 1. The summed E-state index contributed by atoms with van der Waals surface area (Å²) in [6.07, 6.45) is 5.26. The second-order valence-electron chi connectivity index (χ2n) is 7.79. The lowest BCUT2D eigenvalue weighted by Gasteiger charge is -2.44. The Morgan fingerprint density at radius 1 is 1.29 bits per heavy atom. The largest absolute Gasteiger partial charge is 0.392 e. The van der Waals surface area contributed by atoms with Gasteiger partial charge < -0.3 is 9.67 Å². The van der Waals surface area contributed by atoms with E-state index in [0.29, 0.717) is 18.7 Å². The van der Waals surface area contributed by atoms with E-state index in [1.807, 2.05) is 31.3 Å². The minimum Gasteiger partial charge on any atom is -0.392 e. The van der Waals surface area contributed by atoms with Crippen LogP contribution in [0.25, 0.3) is 0 Å². The van der Waals surface area contributed by atoms with Crippen LogP contribution in [-0.2, 0) is 25.0 Å². The standard InChI is InChI=1S/C20H25N5O3/c1-23-11-17(21-14-23)19(28)25-20(9-18(27)22-25)7-2-8-24(13-20)10-15-3-5-16(12-26)6-4-15/h3-6,11,14,26H,2,7-10,12-13H2,1H3,(H,22,27). The van der Waals surface area contributed by atoms with Gasteiger partial charge in [-0.1, -0.05) is 24.3 Å². The highest BCUT2D eigenvalue weighted by atomic mass is 16.3. The number of amides is 2. The Morgan fingerprint density at radius 2 is 2.04 bits per heavy atom. The molecule has 0 radical (unpaired) electrons. The summed E-state index contributed by atoms with van der Waals surface area (Å²) in [5, 5.41) is 10.7. The van der Waals surface area contributed by atoms with Crippen LogP contribution in [-0.4, -0.2) is 55.0 Å². The summed E-state index contributed by atoms with van der Waals surface area (Å²) in [4.78, 5) is 31.7. The number of nitrogens with one attached hydrogen (secondary N) is 1. The van der Waals surface area contributed by atoms with E-state index in [1.165, 1.54) is 5.01 Å². The maximum Gasteiger partial charge on any atom is 0.293 e. The molecule has 2 saturated heterocycles. The zero-order valence-electron chi connectivity index (χ0n) is 16.0. The molecule has 1 aromatic heterocycles. The number of piperidine rings is 1. The number of aliphatic hydroxyl groups is 1. The van der Waals surface area contributed by atoms with Gasteiger partial charge >= 0.3 is 0 Å². The monoisotopic (exact) mass is 383 g/mol. The molecule has 1 unspecified atom stereocenters. The third kappa shape index (κ3) is 3.53. The number of hydrogen-bond donors (Lipinski definition) is 2. The molecule has 2 fully saturated rings. The fraction of sp³-hybridized carbons (Fsp3) is 0.450. The molecule has 2 N–H and O–H groups in total. The van der Waals surface area contributed by atoms with E-state index < -0.39 is 5.54 Å². The van der Waals surface area contributed by atoms with Crippen LogP contribution in [0.3, 0.4) is 0 Å². The first-order valence-electron chi connectivity index (χ1n) is 9.52. The lowest BCUT2D eigenvalue weighted by atomic mass is 9.85. The SMILES string of the molecule is Cn1cnc(C(=O)N2NC(=O)CC23CCCN(Cc2ccc(CO)cc2)C3)c1. The van der Waals surface area contributed by atoms with Crippen molar-refractivity contribution in [3.8, 4) is 0 Å². The normalized spacial score (nSPS) is 22.6. The second kappa shape index (κ2) is 7.37. The van der Waals surface area contributed by atoms with Crippen LogP contribution in [0, 0.1) is 0 Å². The van der Waals surface area contributed by atoms with Crippen molar-refractivity contribution in [2.75, 3.05) is 13.1 Å². The van der Waals surface area contributed by atoms with Crippen LogP contribution in [0.2, 0.25) is 0 Å². The maximum absolute atomic E-state index is 13.0. The van der Waals surface area contributed by atoms with E-state index in [1.54, 1.807) is 17.1 Å². The molecule has 28 heavy (non-hydrogen) atoms. The first-order valence-corrected chi connectivity index (χ1v) is 9.52. The van der Waals surface area contributed by atoms with Gasteiger partial charge in [-0.15, -0.1) is 0 Å². The highest BCUT2D eigenvalue weighted by molar-refractivity contribution is 5.96. The third-order valence-corrected chi connectivity index (χ3v) is 5.57. The van der Waals surface area contributed by atoms with Crippen molar-refractivity contribution < 1.29 is 14.7 Å². The summed E-state index contributed by atoms with van der Waals surface area (Å²) in [5.41, 5.74) is 4.58. The van der Waals surface area contributed by atoms with Crippen LogP contribution in [0.4, 0.5) is 0 Å². The van der Waals surface area contributed by atoms with E-state index in [4.69, 9.17) is 0 Å². The molecule has 148 valence electrons. The zero-order chi connectivity index (χ0) is 19.7. The Labute approximate surface area is 163 Å². The van der Waals surface area contributed by atoms with Gasteiger partial charge in [0.2, 0.25) is 5.91 Å². The number of hydrogen-bond acceptors (Lipinski definition) is 5. The molecule has 0 bridgehead atoms. The number of nitrogens with zero attached hydrogens (tertiary/aromatic N) is 4. The quantitative estimate of drug-likeness (QED) is 0.816. The number of aromatic nitrogens is 2. The van der Waals surface area contributed by atoms with Crippen molar-refractivity contribution in [2.24, 2.45) is 7.05 Å². The average molecular weight is 383 g/mol. The predicted molar refractivity (Wildman–Crippen MR) is 102 cm³/mol. The predicted octanol–water partition coefficient (Wildman–Crippen LogP) is 0.824. The van der Waals surface area contributed by atoms with Crippen molar-refractivity contribution >= 4 is 11.8 Å². The lowest BCUT2D eigenvalue weighted by Crippen LogP contribution is -2.59. The molecule has 1 aromatic carbocycles. The molecule has 1 spiro atoms. The molecule has 3 heterocycles.